The molecular weight excluding hydrogens is 276 g/mol. The van der Waals surface area contributed by atoms with Crippen molar-refractivity contribution in [1.82, 2.24) is 5.32 Å². The van der Waals surface area contributed by atoms with Crippen LogP contribution in [0.25, 0.3) is 6.08 Å². The summed E-state index contributed by atoms with van der Waals surface area (Å²) in [7, 11) is 0. The van der Waals surface area contributed by atoms with Gasteiger partial charge in [-0.1, -0.05) is 36.4 Å². The highest BCUT2D eigenvalue weighted by molar-refractivity contribution is 5.85. The lowest BCUT2D eigenvalue weighted by molar-refractivity contribution is -0.131. The molecule has 0 atom stereocenters. The molecule has 110 valence electrons. The SMILES string of the molecule is N#Cc1ccc(CNCc2ccc(/C=C/C(=O)O)cc2)cc1. The second-order valence-corrected chi connectivity index (χ2v) is 4.83. The Morgan fingerprint density at radius 2 is 1.59 bits per heavy atom. The predicted octanol–water partition coefficient (Wildman–Crippen LogP) is 2.95. The van der Waals surface area contributed by atoms with Crippen LogP contribution in [0.5, 0.6) is 0 Å². The molecule has 0 aliphatic heterocycles. The second kappa shape index (κ2) is 7.77. The summed E-state index contributed by atoms with van der Waals surface area (Å²) >= 11 is 0. The van der Waals surface area contributed by atoms with Crippen molar-refractivity contribution in [2.75, 3.05) is 0 Å². The van der Waals surface area contributed by atoms with Gasteiger partial charge in [0.15, 0.2) is 0 Å². The molecule has 0 amide bonds. The highest BCUT2D eigenvalue weighted by atomic mass is 16.4. The third kappa shape index (κ3) is 4.89. The number of carboxylic acids is 1. The first kappa shape index (κ1) is 15.5. The Labute approximate surface area is 129 Å². The molecular formula is C18H16N2O2. The molecule has 0 bridgehead atoms. The number of carboxylic acid groups (broad SMARTS) is 1. The van der Waals surface area contributed by atoms with E-state index in [9.17, 15) is 4.79 Å². The van der Waals surface area contributed by atoms with Crippen molar-refractivity contribution in [1.29, 1.82) is 5.26 Å². The van der Waals surface area contributed by atoms with Gasteiger partial charge in [-0.15, -0.1) is 0 Å². The lowest BCUT2D eigenvalue weighted by Crippen LogP contribution is -2.12. The molecule has 0 fully saturated rings. The fourth-order valence-corrected chi connectivity index (χ4v) is 1.96. The van der Waals surface area contributed by atoms with Crippen LogP contribution in [-0.4, -0.2) is 11.1 Å². The van der Waals surface area contributed by atoms with Gasteiger partial charge >= 0.3 is 5.97 Å². The van der Waals surface area contributed by atoms with Crippen LogP contribution in [0.4, 0.5) is 0 Å². The van der Waals surface area contributed by atoms with Crippen LogP contribution in [0.15, 0.2) is 54.6 Å². The summed E-state index contributed by atoms with van der Waals surface area (Å²) in [6.45, 7) is 1.45. The number of nitrogens with zero attached hydrogens (tertiary/aromatic N) is 1. The molecule has 22 heavy (non-hydrogen) atoms. The molecule has 0 heterocycles. The predicted molar refractivity (Wildman–Crippen MR) is 84.8 cm³/mol. The molecule has 2 aromatic carbocycles. The van der Waals surface area contributed by atoms with Gasteiger partial charge in [-0.2, -0.15) is 5.26 Å². The van der Waals surface area contributed by atoms with E-state index in [0.717, 1.165) is 35.9 Å². The average molecular weight is 292 g/mol. The molecule has 0 saturated carbocycles. The van der Waals surface area contributed by atoms with Crippen LogP contribution in [0.1, 0.15) is 22.3 Å². The van der Waals surface area contributed by atoms with Gasteiger partial charge in [0.1, 0.15) is 0 Å². The van der Waals surface area contributed by atoms with Crippen LogP contribution in [0.2, 0.25) is 0 Å². The van der Waals surface area contributed by atoms with Crippen molar-refractivity contribution in [2.45, 2.75) is 13.1 Å². The van der Waals surface area contributed by atoms with Gasteiger partial charge in [-0.25, -0.2) is 4.79 Å². The van der Waals surface area contributed by atoms with E-state index in [2.05, 4.69) is 11.4 Å². The number of nitriles is 1. The van der Waals surface area contributed by atoms with E-state index in [1.54, 1.807) is 18.2 Å². The van der Waals surface area contributed by atoms with Gasteiger partial charge < -0.3 is 10.4 Å². The van der Waals surface area contributed by atoms with E-state index in [1.165, 1.54) is 0 Å². The number of nitrogens with one attached hydrogen (secondary N) is 1. The maximum absolute atomic E-state index is 10.4. The molecule has 0 unspecified atom stereocenters. The minimum atomic E-state index is -0.951. The Kier molecular flexibility index (Phi) is 5.47. The Balaban J connectivity index is 1.84. The van der Waals surface area contributed by atoms with Gasteiger partial charge in [0.05, 0.1) is 11.6 Å². The number of benzene rings is 2. The van der Waals surface area contributed by atoms with Gasteiger partial charge in [0.2, 0.25) is 0 Å². The summed E-state index contributed by atoms with van der Waals surface area (Å²) in [6.07, 6.45) is 2.69. The van der Waals surface area contributed by atoms with Crippen LogP contribution in [-0.2, 0) is 17.9 Å². The van der Waals surface area contributed by atoms with Crippen molar-refractivity contribution < 1.29 is 9.90 Å². The first-order valence-electron chi connectivity index (χ1n) is 6.87. The first-order valence-corrected chi connectivity index (χ1v) is 6.87. The zero-order chi connectivity index (χ0) is 15.8. The molecule has 2 N–H and O–H groups in total. The first-order chi connectivity index (χ1) is 10.7. The maximum Gasteiger partial charge on any atom is 0.328 e. The van der Waals surface area contributed by atoms with E-state index >= 15 is 0 Å². The largest absolute Gasteiger partial charge is 0.478 e. The van der Waals surface area contributed by atoms with E-state index < -0.39 is 5.97 Å². The normalized spacial score (nSPS) is 10.5. The average Bonchev–Trinajstić information content (AvgIpc) is 2.55. The molecule has 0 saturated heterocycles. The fraction of sp³-hybridized carbons (Fsp3) is 0.111. The van der Waals surface area contributed by atoms with Crippen molar-refractivity contribution in [3.8, 4) is 6.07 Å². The van der Waals surface area contributed by atoms with E-state index in [0.29, 0.717) is 5.56 Å². The van der Waals surface area contributed by atoms with Gasteiger partial charge in [0.25, 0.3) is 0 Å². The number of carbonyl (C=O) groups is 1. The van der Waals surface area contributed by atoms with Crippen LogP contribution in [0, 0.1) is 11.3 Å². The quantitative estimate of drug-likeness (QED) is 0.803. The highest BCUT2D eigenvalue weighted by Gasteiger charge is 1.96. The van der Waals surface area contributed by atoms with Gasteiger partial charge in [0, 0.05) is 19.2 Å². The van der Waals surface area contributed by atoms with E-state index in [-0.39, 0.29) is 0 Å². The standard InChI is InChI=1S/C18H16N2O2/c19-11-15-3-7-17(8-4-15)13-20-12-16-5-1-14(2-6-16)9-10-18(21)22/h1-10,20H,12-13H2,(H,21,22)/b10-9+. The third-order valence-electron chi connectivity index (χ3n) is 3.14. The number of hydrogen-bond acceptors (Lipinski definition) is 3. The molecule has 4 nitrogen and oxygen atoms in total. The lowest BCUT2D eigenvalue weighted by Gasteiger charge is -2.06. The van der Waals surface area contributed by atoms with Crippen molar-refractivity contribution >= 4 is 12.0 Å². The Morgan fingerprint density at radius 1 is 1.05 bits per heavy atom. The highest BCUT2D eigenvalue weighted by Crippen LogP contribution is 2.07. The van der Waals surface area contributed by atoms with Crippen molar-refractivity contribution in [3.63, 3.8) is 0 Å². The molecule has 0 aliphatic carbocycles. The van der Waals surface area contributed by atoms with Crippen molar-refractivity contribution in [2.24, 2.45) is 0 Å². The molecule has 0 aromatic heterocycles. The summed E-state index contributed by atoms with van der Waals surface area (Å²) in [5.41, 5.74) is 3.77. The topological polar surface area (TPSA) is 73.1 Å². The Morgan fingerprint density at radius 3 is 2.09 bits per heavy atom. The summed E-state index contributed by atoms with van der Waals surface area (Å²) in [4.78, 5) is 10.4. The minimum Gasteiger partial charge on any atom is -0.478 e. The van der Waals surface area contributed by atoms with Crippen LogP contribution in [0.3, 0.4) is 0 Å². The molecule has 0 aliphatic rings. The minimum absolute atomic E-state index is 0.661. The Hall–Kier alpha value is -2.90. The zero-order valence-electron chi connectivity index (χ0n) is 12.0. The lowest BCUT2D eigenvalue weighted by atomic mass is 10.1. The van der Waals surface area contributed by atoms with Gasteiger partial charge in [-0.3, -0.25) is 0 Å². The zero-order valence-corrected chi connectivity index (χ0v) is 12.0. The van der Waals surface area contributed by atoms with Gasteiger partial charge in [-0.05, 0) is 34.9 Å². The summed E-state index contributed by atoms with van der Waals surface area (Å²) in [5.74, 6) is -0.951. The summed E-state index contributed by atoms with van der Waals surface area (Å²) < 4.78 is 0. The molecule has 2 rings (SSSR count). The van der Waals surface area contributed by atoms with Crippen molar-refractivity contribution in [3.05, 3.63) is 76.9 Å². The monoisotopic (exact) mass is 292 g/mol. The summed E-state index contributed by atoms with van der Waals surface area (Å²) in [6, 6.07) is 17.3. The molecule has 0 spiro atoms. The number of hydrogen-bond donors (Lipinski definition) is 2. The number of aliphatic carboxylic acids is 1. The van der Waals surface area contributed by atoms with E-state index in [1.807, 2.05) is 36.4 Å². The van der Waals surface area contributed by atoms with Crippen LogP contribution >= 0.6 is 0 Å². The maximum atomic E-state index is 10.4. The molecule has 0 radical (unpaired) electrons. The Bertz CT molecular complexity index is 695. The van der Waals surface area contributed by atoms with Crippen LogP contribution < -0.4 is 5.32 Å². The second-order valence-electron chi connectivity index (χ2n) is 4.83. The molecule has 4 heteroatoms. The molecule has 2 aromatic rings. The summed E-state index contributed by atoms with van der Waals surface area (Å²) in [5, 5.41) is 20.6. The number of rotatable bonds is 6. The fourth-order valence-electron chi connectivity index (χ4n) is 1.96. The third-order valence-corrected chi connectivity index (χ3v) is 3.14. The smallest absolute Gasteiger partial charge is 0.328 e. The van der Waals surface area contributed by atoms with E-state index in [4.69, 9.17) is 10.4 Å².